The summed E-state index contributed by atoms with van der Waals surface area (Å²) in [5.41, 5.74) is 1.83. The number of anilines is 2. The van der Waals surface area contributed by atoms with Gasteiger partial charge in [0.05, 0.1) is 0 Å². The van der Waals surface area contributed by atoms with Crippen LogP contribution in [0.2, 0.25) is 5.02 Å². The lowest BCUT2D eigenvalue weighted by Crippen LogP contribution is -2.34. The van der Waals surface area contributed by atoms with E-state index in [2.05, 4.69) is 21.3 Å². The Bertz CT molecular complexity index is 839. The monoisotopic (exact) mass is 406 g/mol. The number of hydrogen-bond acceptors (Lipinski definition) is 4. The van der Waals surface area contributed by atoms with Crippen LogP contribution in [0.4, 0.5) is 11.4 Å². The number of halogens is 1. The molecule has 0 radical (unpaired) electrons. The summed E-state index contributed by atoms with van der Waals surface area (Å²) in [5, 5.41) is 11.8. The third kappa shape index (κ3) is 6.40. The first-order chi connectivity index (χ1) is 12.3. The molecule has 0 aromatic heterocycles. The summed E-state index contributed by atoms with van der Waals surface area (Å²) in [4.78, 5) is 23.0. The molecule has 9 heteroatoms. The molecule has 0 aliphatic carbocycles. The molecule has 0 aliphatic rings. The molecular weight excluding hydrogens is 392 g/mol. The van der Waals surface area contributed by atoms with E-state index in [4.69, 9.17) is 36.0 Å². The largest absolute Gasteiger partial charge is 0.332 e. The van der Waals surface area contributed by atoms with Gasteiger partial charge in [-0.25, -0.2) is 0 Å². The molecule has 26 heavy (non-hydrogen) atoms. The molecule has 2 aromatic rings. The third-order valence-corrected chi connectivity index (χ3v) is 3.68. The van der Waals surface area contributed by atoms with Crippen molar-refractivity contribution in [2.75, 3.05) is 10.6 Å². The number of benzene rings is 2. The van der Waals surface area contributed by atoms with E-state index in [-0.39, 0.29) is 22.0 Å². The number of nitrogens with one attached hydrogen (secondary N) is 4. The lowest BCUT2D eigenvalue weighted by molar-refractivity contribution is -0.117. The quantitative estimate of drug-likeness (QED) is 0.585. The summed E-state index contributed by atoms with van der Waals surface area (Å²) in [6.45, 7) is 1.38. The molecule has 134 valence electrons. The SMILES string of the molecule is CC(=O)NC(=S)Nc1ccc(NC(=S)NC(=O)c2ccc(Cl)cc2)cc1. The first-order valence-electron chi connectivity index (χ1n) is 7.40. The van der Waals surface area contributed by atoms with Crippen LogP contribution in [0.15, 0.2) is 48.5 Å². The van der Waals surface area contributed by atoms with E-state index in [1.165, 1.54) is 6.92 Å². The Labute approximate surface area is 166 Å². The summed E-state index contributed by atoms with van der Waals surface area (Å²) in [6, 6.07) is 13.5. The molecule has 0 fully saturated rings. The number of carbonyl (C=O) groups is 2. The molecule has 0 saturated carbocycles. The zero-order chi connectivity index (χ0) is 19.1. The highest BCUT2D eigenvalue weighted by atomic mass is 35.5. The van der Waals surface area contributed by atoms with Crippen molar-refractivity contribution < 1.29 is 9.59 Å². The smallest absolute Gasteiger partial charge is 0.257 e. The van der Waals surface area contributed by atoms with E-state index in [9.17, 15) is 9.59 Å². The van der Waals surface area contributed by atoms with Crippen LogP contribution in [-0.4, -0.2) is 22.0 Å². The van der Waals surface area contributed by atoms with Gasteiger partial charge in [0.25, 0.3) is 5.91 Å². The van der Waals surface area contributed by atoms with Crippen molar-refractivity contribution >= 4 is 69.5 Å². The van der Waals surface area contributed by atoms with Crippen molar-refractivity contribution in [3.63, 3.8) is 0 Å². The third-order valence-electron chi connectivity index (χ3n) is 3.02. The fourth-order valence-corrected chi connectivity index (χ4v) is 2.50. The molecule has 2 amide bonds. The minimum Gasteiger partial charge on any atom is -0.332 e. The molecule has 0 saturated heterocycles. The van der Waals surface area contributed by atoms with E-state index >= 15 is 0 Å². The Morgan fingerprint density at radius 1 is 0.808 bits per heavy atom. The normalized spacial score (nSPS) is 9.77. The maximum atomic E-state index is 12.1. The van der Waals surface area contributed by atoms with E-state index in [0.717, 1.165) is 0 Å². The molecule has 4 N–H and O–H groups in total. The Kier molecular flexibility index (Phi) is 7.02. The molecule has 0 heterocycles. The lowest BCUT2D eigenvalue weighted by Gasteiger charge is -2.11. The molecule has 0 bridgehead atoms. The van der Waals surface area contributed by atoms with Gasteiger partial charge in [-0.05, 0) is 73.0 Å². The zero-order valence-electron chi connectivity index (χ0n) is 13.6. The van der Waals surface area contributed by atoms with Gasteiger partial charge in [0, 0.05) is 28.9 Å². The van der Waals surface area contributed by atoms with Gasteiger partial charge in [-0.2, -0.15) is 0 Å². The van der Waals surface area contributed by atoms with Crippen LogP contribution in [0.25, 0.3) is 0 Å². The number of hydrogen-bond donors (Lipinski definition) is 4. The molecule has 6 nitrogen and oxygen atoms in total. The van der Waals surface area contributed by atoms with E-state index in [1.807, 2.05) is 0 Å². The van der Waals surface area contributed by atoms with E-state index in [0.29, 0.717) is 22.0 Å². The van der Waals surface area contributed by atoms with Crippen LogP contribution in [0.5, 0.6) is 0 Å². The predicted octanol–water partition coefficient (Wildman–Crippen LogP) is 3.30. The van der Waals surface area contributed by atoms with Crippen LogP contribution in [0, 0.1) is 0 Å². The van der Waals surface area contributed by atoms with Crippen LogP contribution in [0.3, 0.4) is 0 Å². The maximum absolute atomic E-state index is 12.1. The number of rotatable bonds is 3. The average Bonchev–Trinajstić information content (AvgIpc) is 2.56. The fraction of sp³-hybridized carbons (Fsp3) is 0.0588. The first kappa shape index (κ1) is 19.8. The molecule has 0 unspecified atom stereocenters. The minimum absolute atomic E-state index is 0.166. The van der Waals surface area contributed by atoms with Crippen molar-refractivity contribution in [1.29, 1.82) is 0 Å². The van der Waals surface area contributed by atoms with Gasteiger partial charge < -0.3 is 16.0 Å². The maximum Gasteiger partial charge on any atom is 0.257 e. The molecule has 0 aliphatic heterocycles. The van der Waals surface area contributed by atoms with E-state index < -0.39 is 0 Å². The van der Waals surface area contributed by atoms with Gasteiger partial charge in [0.15, 0.2) is 10.2 Å². The Balaban J connectivity index is 1.88. The van der Waals surface area contributed by atoms with Crippen LogP contribution in [0.1, 0.15) is 17.3 Å². The summed E-state index contributed by atoms with van der Waals surface area (Å²) in [7, 11) is 0. The summed E-state index contributed by atoms with van der Waals surface area (Å²) in [5.74, 6) is -0.583. The number of carbonyl (C=O) groups excluding carboxylic acids is 2. The molecule has 2 aromatic carbocycles. The topological polar surface area (TPSA) is 82.3 Å². The predicted molar refractivity (Wildman–Crippen MR) is 112 cm³/mol. The molecule has 2 rings (SSSR count). The Morgan fingerprint density at radius 3 is 1.73 bits per heavy atom. The summed E-state index contributed by atoms with van der Waals surface area (Å²) < 4.78 is 0. The van der Waals surface area contributed by atoms with Gasteiger partial charge in [0.2, 0.25) is 5.91 Å². The average molecular weight is 407 g/mol. The van der Waals surface area contributed by atoms with Crippen LogP contribution in [-0.2, 0) is 4.79 Å². The molecule has 0 spiro atoms. The van der Waals surface area contributed by atoms with Gasteiger partial charge in [-0.15, -0.1) is 0 Å². The lowest BCUT2D eigenvalue weighted by atomic mass is 10.2. The van der Waals surface area contributed by atoms with Crippen LogP contribution >= 0.6 is 36.0 Å². The highest BCUT2D eigenvalue weighted by Gasteiger charge is 2.08. The molecule has 0 atom stereocenters. The summed E-state index contributed by atoms with van der Waals surface area (Å²) >= 11 is 15.9. The first-order valence-corrected chi connectivity index (χ1v) is 8.59. The zero-order valence-corrected chi connectivity index (χ0v) is 16.0. The van der Waals surface area contributed by atoms with Crippen molar-refractivity contribution in [2.24, 2.45) is 0 Å². The second-order valence-electron chi connectivity index (χ2n) is 5.13. The van der Waals surface area contributed by atoms with Crippen molar-refractivity contribution in [3.05, 3.63) is 59.1 Å². The van der Waals surface area contributed by atoms with Gasteiger partial charge in [0.1, 0.15) is 0 Å². The van der Waals surface area contributed by atoms with Crippen molar-refractivity contribution in [2.45, 2.75) is 6.92 Å². The second-order valence-corrected chi connectivity index (χ2v) is 6.38. The number of thiocarbonyl (C=S) groups is 2. The second kappa shape index (κ2) is 9.23. The van der Waals surface area contributed by atoms with E-state index in [1.54, 1.807) is 48.5 Å². The van der Waals surface area contributed by atoms with Gasteiger partial charge >= 0.3 is 0 Å². The minimum atomic E-state index is -0.335. The van der Waals surface area contributed by atoms with Crippen molar-refractivity contribution in [3.8, 4) is 0 Å². The summed E-state index contributed by atoms with van der Waals surface area (Å²) in [6.07, 6.45) is 0. The van der Waals surface area contributed by atoms with Gasteiger partial charge in [-0.1, -0.05) is 11.6 Å². The Hall–Kier alpha value is -2.55. The highest BCUT2D eigenvalue weighted by Crippen LogP contribution is 2.14. The van der Waals surface area contributed by atoms with Gasteiger partial charge in [-0.3, -0.25) is 14.9 Å². The highest BCUT2D eigenvalue weighted by molar-refractivity contribution is 7.80. The molecular formula is C17H15ClN4O2S2. The Morgan fingerprint density at radius 2 is 1.27 bits per heavy atom. The number of amides is 2. The fourth-order valence-electron chi connectivity index (χ4n) is 1.90. The van der Waals surface area contributed by atoms with Crippen molar-refractivity contribution in [1.82, 2.24) is 10.6 Å². The standard InChI is InChI=1S/C17H15ClN4O2S2/c1-10(23)19-16(25)20-13-6-8-14(9-7-13)21-17(26)22-15(24)11-2-4-12(18)5-3-11/h2-9H,1H3,(H2,19,20,23,25)(H2,21,22,24,26). The van der Waals surface area contributed by atoms with Crippen LogP contribution < -0.4 is 21.3 Å².